The molecule has 0 spiro atoms. The van der Waals surface area contributed by atoms with Crippen molar-refractivity contribution in [1.29, 1.82) is 0 Å². The van der Waals surface area contributed by atoms with Gasteiger partial charge in [-0.25, -0.2) is 0 Å². The minimum Gasteiger partial charge on any atom is -0.462 e. The second-order valence-electron chi connectivity index (χ2n) is 23.4. The lowest BCUT2D eigenvalue weighted by Gasteiger charge is -2.18. The van der Waals surface area contributed by atoms with E-state index in [1.807, 2.05) is 0 Å². The van der Waals surface area contributed by atoms with Crippen LogP contribution in [0.3, 0.4) is 0 Å². The molecule has 6 nitrogen and oxygen atoms in total. The molecule has 0 aliphatic rings. The van der Waals surface area contributed by atoms with Crippen molar-refractivity contribution in [2.24, 2.45) is 0 Å². The highest BCUT2D eigenvalue weighted by atomic mass is 16.6. The van der Waals surface area contributed by atoms with Crippen molar-refractivity contribution in [3.05, 3.63) is 24.3 Å². The summed E-state index contributed by atoms with van der Waals surface area (Å²) < 4.78 is 16.9. The van der Waals surface area contributed by atoms with Crippen LogP contribution in [-0.4, -0.2) is 37.2 Å². The van der Waals surface area contributed by atoms with Gasteiger partial charge in [0, 0.05) is 19.3 Å². The van der Waals surface area contributed by atoms with Gasteiger partial charge in [0.2, 0.25) is 0 Å². The van der Waals surface area contributed by atoms with Crippen molar-refractivity contribution < 1.29 is 28.6 Å². The molecule has 0 fully saturated rings. The van der Waals surface area contributed by atoms with Crippen LogP contribution in [0.2, 0.25) is 0 Å². The normalized spacial score (nSPS) is 12.1. The molecule has 76 heavy (non-hydrogen) atoms. The Morgan fingerprint density at radius 3 is 0.658 bits per heavy atom. The second-order valence-corrected chi connectivity index (χ2v) is 23.4. The molecular weight excluding hydrogens is 937 g/mol. The van der Waals surface area contributed by atoms with Crippen LogP contribution in [0.5, 0.6) is 0 Å². The van der Waals surface area contributed by atoms with Gasteiger partial charge in [0.25, 0.3) is 0 Å². The Labute approximate surface area is 474 Å². The zero-order valence-electron chi connectivity index (χ0n) is 51.6. The predicted molar refractivity (Wildman–Crippen MR) is 330 cm³/mol. The molecule has 1 atom stereocenters. The molecule has 0 aromatic carbocycles. The molecule has 6 heteroatoms. The van der Waals surface area contributed by atoms with Crippen LogP contribution >= 0.6 is 0 Å². The number of esters is 3. The van der Waals surface area contributed by atoms with E-state index in [0.717, 1.165) is 70.6 Å². The molecule has 0 radical (unpaired) electrons. The highest BCUT2D eigenvalue weighted by Crippen LogP contribution is 2.18. The van der Waals surface area contributed by atoms with E-state index in [-0.39, 0.29) is 31.1 Å². The number of allylic oxidation sites excluding steroid dienone is 4. The average Bonchev–Trinajstić information content (AvgIpc) is 3.42. The zero-order chi connectivity index (χ0) is 55.0. The molecule has 0 N–H and O–H groups in total. The summed E-state index contributed by atoms with van der Waals surface area (Å²) in [5.74, 6) is -0.863. The summed E-state index contributed by atoms with van der Waals surface area (Å²) in [4.78, 5) is 38.3. The van der Waals surface area contributed by atoms with E-state index in [1.54, 1.807) is 0 Å². The summed E-state index contributed by atoms with van der Waals surface area (Å²) in [6.07, 6.45) is 79.2. The Hall–Kier alpha value is -2.11. The van der Waals surface area contributed by atoms with E-state index in [1.165, 1.54) is 276 Å². The fraction of sp³-hybridized carbons (Fsp3) is 0.900. The van der Waals surface area contributed by atoms with E-state index < -0.39 is 6.10 Å². The van der Waals surface area contributed by atoms with Gasteiger partial charge in [0.1, 0.15) is 13.2 Å². The number of hydrogen-bond acceptors (Lipinski definition) is 6. The van der Waals surface area contributed by atoms with Crippen molar-refractivity contribution in [3.63, 3.8) is 0 Å². The first kappa shape index (κ1) is 73.9. The highest BCUT2D eigenvalue weighted by molar-refractivity contribution is 5.71. The Bertz CT molecular complexity index is 1230. The average molecular weight is 1070 g/mol. The summed E-state index contributed by atoms with van der Waals surface area (Å²) in [5, 5.41) is 0. The van der Waals surface area contributed by atoms with E-state index in [2.05, 4.69) is 45.1 Å². The lowest BCUT2D eigenvalue weighted by atomic mass is 10.0. The third kappa shape index (κ3) is 62.7. The monoisotopic (exact) mass is 1070 g/mol. The molecule has 0 aromatic heterocycles. The molecule has 0 aromatic rings. The smallest absolute Gasteiger partial charge is 0.306 e. The van der Waals surface area contributed by atoms with Gasteiger partial charge in [0.15, 0.2) is 6.10 Å². The molecule has 448 valence electrons. The van der Waals surface area contributed by atoms with Gasteiger partial charge in [-0.3, -0.25) is 14.4 Å². The number of ether oxygens (including phenoxy) is 3. The molecule has 0 aliphatic heterocycles. The molecule has 0 saturated heterocycles. The quantitative estimate of drug-likeness (QED) is 0.0261. The molecule has 0 saturated carbocycles. The largest absolute Gasteiger partial charge is 0.462 e. The first-order valence-electron chi connectivity index (χ1n) is 34.3. The van der Waals surface area contributed by atoms with Crippen LogP contribution < -0.4 is 0 Å². The maximum Gasteiger partial charge on any atom is 0.306 e. The van der Waals surface area contributed by atoms with Crippen molar-refractivity contribution in [2.45, 2.75) is 393 Å². The molecule has 0 heterocycles. The summed E-state index contributed by atoms with van der Waals surface area (Å²) in [5.41, 5.74) is 0. The predicted octanol–water partition coefficient (Wildman–Crippen LogP) is 23.4. The number of rotatable bonds is 64. The van der Waals surface area contributed by atoms with Crippen LogP contribution in [0.4, 0.5) is 0 Å². The SMILES string of the molecule is CCCCCCC/C=C\CCCCCCCC(=O)OCC(COC(=O)CCCCCCCCCCCCCCCCCCCCCCCCCCCCCC)OC(=O)CCCCCCC/C=C\CCCCCCCCC. The molecule has 0 bridgehead atoms. The van der Waals surface area contributed by atoms with Gasteiger partial charge in [-0.1, -0.05) is 321 Å². The number of unbranched alkanes of at least 4 members (excludes halogenated alkanes) is 49. The summed E-state index contributed by atoms with van der Waals surface area (Å²) >= 11 is 0. The third-order valence-corrected chi connectivity index (χ3v) is 15.7. The second kappa shape index (κ2) is 65.4. The summed E-state index contributed by atoms with van der Waals surface area (Å²) in [6.45, 7) is 6.69. The standard InChI is InChI=1S/C70H132O6/c1-4-7-10-13-16-19-22-25-28-30-31-32-33-34-35-36-37-38-39-40-41-43-45-48-51-54-57-60-63-69(72)75-66-67(65-74-68(71)62-59-56-53-50-47-44-27-24-21-18-15-12-9-6-3)76-70(73)64-61-58-55-52-49-46-42-29-26-23-20-17-14-11-8-5-2/h24,27,29,42,67H,4-23,25-26,28,30-41,43-66H2,1-3H3/b27-24-,42-29-. The van der Waals surface area contributed by atoms with Crippen LogP contribution in [0.1, 0.15) is 387 Å². The minimum absolute atomic E-state index is 0.0723. The van der Waals surface area contributed by atoms with Gasteiger partial charge in [0.05, 0.1) is 0 Å². The number of carbonyl (C=O) groups is 3. The van der Waals surface area contributed by atoms with Gasteiger partial charge in [-0.2, -0.15) is 0 Å². The molecule has 0 aliphatic carbocycles. The van der Waals surface area contributed by atoms with Crippen LogP contribution in [0.15, 0.2) is 24.3 Å². The Balaban J connectivity index is 4.18. The van der Waals surface area contributed by atoms with E-state index >= 15 is 0 Å². The van der Waals surface area contributed by atoms with Gasteiger partial charge < -0.3 is 14.2 Å². The lowest BCUT2D eigenvalue weighted by Crippen LogP contribution is -2.30. The lowest BCUT2D eigenvalue weighted by molar-refractivity contribution is -0.167. The van der Waals surface area contributed by atoms with E-state index in [4.69, 9.17) is 14.2 Å². The van der Waals surface area contributed by atoms with E-state index in [0.29, 0.717) is 19.3 Å². The van der Waals surface area contributed by atoms with Gasteiger partial charge in [-0.15, -0.1) is 0 Å². The van der Waals surface area contributed by atoms with Crippen LogP contribution in [-0.2, 0) is 28.6 Å². The minimum atomic E-state index is -0.777. The van der Waals surface area contributed by atoms with Gasteiger partial charge in [-0.05, 0) is 70.6 Å². The Kier molecular flexibility index (Phi) is 63.6. The maximum atomic E-state index is 12.9. The van der Waals surface area contributed by atoms with E-state index in [9.17, 15) is 14.4 Å². The topological polar surface area (TPSA) is 78.9 Å². The summed E-state index contributed by atoms with van der Waals surface area (Å²) in [6, 6.07) is 0. The number of carbonyl (C=O) groups excluding carboxylic acids is 3. The Morgan fingerprint density at radius 1 is 0.250 bits per heavy atom. The maximum absolute atomic E-state index is 12.9. The van der Waals surface area contributed by atoms with Crippen molar-refractivity contribution in [2.75, 3.05) is 13.2 Å². The first-order chi connectivity index (χ1) is 37.5. The molecule has 0 amide bonds. The number of hydrogen-bond donors (Lipinski definition) is 0. The van der Waals surface area contributed by atoms with Gasteiger partial charge >= 0.3 is 17.9 Å². The summed E-state index contributed by atoms with van der Waals surface area (Å²) in [7, 11) is 0. The highest BCUT2D eigenvalue weighted by Gasteiger charge is 2.19. The van der Waals surface area contributed by atoms with Crippen LogP contribution in [0, 0.1) is 0 Å². The molecular formula is C70H132O6. The van der Waals surface area contributed by atoms with Crippen molar-refractivity contribution >= 4 is 17.9 Å². The molecule has 0 rings (SSSR count). The van der Waals surface area contributed by atoms with Crippen molar-refractivity contribution in [3.8, 4) is 0 Å². The fourth-order valence-electron chi connectivity index (χ4n) is 10.5. The van der Waals surface area contributed by atoms with Crippen LogP contribution in [0.25, 0.3) is 0 Å². The fourth-order valence-corrected chi connectivity index (χ4v) is 10.5. The first-order valence-corrected chi connectivity index (χ1v) is 34.3. The zero-order valence-corrected chi connectivity index (χ0v) is 51.6. The third-order valence-electron chi connectivity index (χ3n) is 15.7. The molecule has 1 unspecified atom stereocenters. The Morgan fingerprint density at radius 2 is 0.434 bits per heavy atom. The van der Waals surface area contributed by atoms with Crippen molar-refractivity contribution in [1.82, 2.24) is 0 Å².